The fraction of sp³-hybridized carbons (Fsp3) is 0.375. The van der Waals surface area contributed by atoms with Crippen LogP contribution in [0.25, 0.3) is 0 Å². The van der Waals surface area contributed by atoms with Gasteiger partial charge in [-0.3, -0.25) is 0 Å². The number of carbonyl (C=O) groups is 1. The third kappa shape index (κ3) is 4.64. The predicted molar refractivity (Wildman–Crippen MR) is 85.1 cm³/mol. The zero-order valence-electron chi connectivity index (χ0n) is 13.5. The lowest BCUT2D eigenvalue weighted by atomic mass is 10.2. The molecule has 2 heterocycles. The van der Waals surface area contributed by atoms with Crippen molar-refractivity contribution < 1.29 is 18.4 Å². The third-order valence-electron chi connectivity index (χ3n) is 3.12. The van der Waals surface area contributed by atoms with E-state index in [0.29, 0.717) is 36.1 Å². The Morgan fingerprint density at radius 2 is 2.17 bits per heavy atom. The van der Waals surface area contributed by atoms with Gasteiger partial charge in [0.1, 0.15) is 29.4 Å². The molecule has 23 heavy (non-hydrogen) atoms. The quantitative estimate of drug-likeness (QED) is 0.482. The molecule has 0 saturated carbocycles. The maximum atomic E-state index is 11.6. The van der Waals surface area contributed by atoms with Gasteiger partial charge in [0.15, 0.2) is 5.96 Å². The molecule has 7 nitrogen and oxygen atoms in total. The van der Waals surface area contributed by atoms with Crippen molar-refractivity contribution in [3.63, 3.8) is 0 Å². The standard InChI is InChI=1S/C16H21N3O4/c1-4-17-16(18-9-12-6-5-7-22-12)19-10-13-8-14(11(2)23-13)15(20)21-3/h5-8H,4,9-10H2,1-3H3,(H2,17,18,19). The minimum Gasteiger partial charge on any atom is -0.467 e. The Kier molecular flexibility index (Phi) is 5.85. The van der Waals surface area contributed by atoms with Gasteiger partial charge in [-0.2, -0.15) is 0 Å². The fourth-order valence-electron chi connectivity index (χ4n) is 2.02. The average Bonchev–Trinajstić information content (AvgIpc) is 3.19. The summed E-state index contributed by atoms with van der Waals surface area (Å²) in [4.78, 5) is 16.0. The number of esters is 1. The smallest absolute Gasteiger partial charge is 0.341 e. The van der Waals surface area contributed by atoms with E-state index >= 15 is 0 Å². The summed E-state index contributed by atoms with van der Waals surface area (Å²) in [7, 11) is 1.34. The number of nitrogens with one attached hydrogen (secondary N) is 2. The molecule has 2 N–H and O–H groups in total. The molecule has 0 bridgehead atoms. The minimum absolute atomic E-state index is 0.311. The van der Waals surface area contributed by atoms with E-state index < -0.39 is 5.97 Å². The number of nitrogens with zero attached hydrogens (tertiary/aromatic N) is 1. The van der Waals surface area contributed by atoms with Crippen molar-refractivity contribution >= 4 is 11.9 Å². The molecule has 124 valence electrons. The highest BCUT2D eigenvalue weighted by Crippen LogP contribution is 2.16. The Labute approximate surface area is 134 Å². The number of aryl methyl sites for hydroxylation is 1. The maximum Gasteiger partial charge on any atom is 0.341 e. The average molecular weight is 319 g/mol. The Hall–Kier alpha value is -2.70. The molecule has 0 unspecified atom stereocenters. The van der Waals surface area contributed by atoms with Crippen molar-refractivity contribution in [2.24, 2.45) is 4.99 Å². The lowest BCUT2D eigenvalue weighted by Gasteiger charge is -2.09. The number of hydrogen-bond acceptors (Lipinski definition) is 5. The van der Waals surface area contributed by atoms with Gasteiger partial charge in [-0.25, -0.2) is 9.79 Å². The molecule has 2 aromatic heterocycles. The number of ether oxygens (including phenoxy) is 1. The number of hydrogen-bond donors (Lipinski definition) is 2. The molecule has 0 fully saturated rings. The van der Waals surface area contributed by atoms with Crippen LogP contribution in [0.4, 0.5) is 0 Å². The van der Waals surface area contributed by atoms with Crippen LogP contribution in [0.1, 0.15) is 34.6 Å². The third-order valence-corrected chi connectivity index (χ3v) is 3.12. The van der Waals surface area contributed by atoms with Gasteiger partial charge < -0.3 is 24.2 Å². The van der Waals surface area contributed by atoms with Crippen LogP contribution in [0.15, 0.2) is 38.3 Å². The highest BCUT2D eigenvalue weighted by Gasteiger charge is 2.15. The summed E-state index contributed by atoms with van der Waals surface area (Å²) in [5, 5.41) is 6.30. The van der Waals surface area contributed by atoms with Gasteiger partial charge in [-0.1, -0.05) is 0 Å². The molecule has 0 saturated heterocycles. The molecule has 0 aliphatic carbocycles. The number of furan rings is 2. The molecular weight excluding hydrogens is 298 g/mol. The SMILES string of the molecule is CCNC(=NCc1cc(C(=O)OC)c(C)o1)NCc1ccco1. The summed E-state index contributed by atoms with van der Waals surface area (Å²) >= 11 is 0. The number of methoxy groups -OCH3 is 1. The van der Waals surface area contributed by atoms with Crippen molar-refractivity contribution in [3.8, 4) is 0 Å². The number of carbonyl (C=O) groups excluding carboxylic acids is 1. The van der Waals surface area contributed by atoms with Crippen LogP contribution in [-0.2, 0) is 17.8 Å². The van der Waals surface area contributed by atoms with E-state index in [1.54, 1.807) is 19.3 Å². The van der Waals surface area contributed by atoms with Gasteiger partial charge >= 0.3 is 5.97 Å². The zero-order valence-corrected chi connectivity index (χ0v) is 13.5. The Morgan fingerprint density at radius 3 is 2.83 bits per heavy atom. The summed E-state index contributed by atoms with van der Waals surface area (Å²) in [6, 6.07) is 5.37. The molecular formula is C16H21N3O4. The first kappa shape index (κ1) is 16.7. The fourth-order valence-corrected chi connectivity index (χ4v) is 2.02. The molecule has 0 spiro atoms. The molecule has 7 heteroatoms. The number of aliphatic imine (C=N–C) groups is 1. The van der Waals surface area contributed by atoms with Crippen LogP contribution in [0.2, 0.25) is 0 Å². The molecule has 2 aromatic rings. The van der Waals surface area contributed by atoms with Gasteiger partial charge in [0.05, 0.1) is 19.9 Å². The monoisotopic (exact) mass is 319 g/mol. The first-order valence-electron chi connectivity index (χ1n) is 7.36. The minimum atomic E-state index is -0.413. The van der Waals surface area contributed by atoms with Crippen molar-refractivity contribution in [1.29, 1.82) is 0 Å². The van der Waals surface area contributed by atoms with Gasteiger partial charge in [0, 0.05) is 6.54 Å². The lowest BCUT2D eigenvalue weighted by Crippen LogP contribution is -2.36. The summed E-state index contributed by atoms with van der Waals surface area (Å²) < 4.78 is 15.5. The maximum absolute atomic E-state index is 11.6. The van der Waals surface area contributed by atoms with Crippen LogP contribution in [0.3, 0.4) is 0 Å². The van der Waals surface area contributed by atoms with Crippen molar-refractivity contribution in [3.05, 3.63) is 47.3 Å². The highest BCUT2D eigenvalue weighted by molar-refractivity contribution is 5.90. The lowest BCUT2D eigenvalue weighted by molar-refractivity contribution is 0.0599. The molecule has 0 aromatic carbocycles. The van der Waals surface area contributed by atoms with Gasteiger partial charge in [-0.15, -0.1) is 0 Å². The Morgan fingerprint density at radius 1 is 1.35 bits per heavy atom. The summed E-state index contributed by atoms with van der Waals surface area (Å²) in [6.45, 7) is 5.28. The molecule has 0 atom stereocenters. The van der Waals surface area contributed by atoms with E-state index in [2.05, 4.69) is 15.6 Å². The van der Waals surface area contributed by atoms with Crippen molar-refractivity contribution in [2.45, 2.75) is 26.9 Å². The molecule has 0 amide bonds. The van der Waals surface area contributed by atoms with Gasteiger partial charge in [-0.05, 0) is 32.0 Å². The molecule has 0 radical (unpaired) electrons. The second kappa shape index (κ2) is 8.07. The molecule has 0 aliphatic rings. The van der Waals surface area contributed by atoms with Crippen LogP contribution >= 0.6 is 0 Å². The van der Waals surface area contributed by atoms with E-state index in [-0.39, 0.29) is 0 Å². The van der Waals surface area contributed by atoms with Gasteiger partial charge in [0.2, 0.25) is 0 Å². The van der Waals surface area contributed by atoms with Crippen molar-refractivity contribution in [1.82, 2.24) is 10.6 Å². The van der Waals surface area contributed by atoms with Crippen LogP contribution in [-0.4, -0.2) is 25.6 Å². The predicted octanol–water partition coefficient (Wildman–Crippen LogP) is 2.22. The summed E-state index contributed by atoms with van der Waals surface area (Å²) in [5.41, 5.74) is 0.422. The molecule has 2 rings (SSSR count). The number of rotatable bonds is 6. The number of guanidine groups is 1. The van der Waals surface area contributed by atoms with Gasteiger partial charge in [0.25, 0.3) is 0 Å². The van der Waals surface area contributed by atoms with E-state index in [0.717, 1.165) is 12.3 Å². The van der Waals surface area contributed by atoms with Crippen LogP contribution in [0, 0.1) is 6.92 Å². The van der Waals surface area contributed by atoms with Crippen LogP contribution in [0.5, 0.6) is 0 Å². The topological polar surface area (TPSA) is 89.0 Å². The first-order chi connectivity index (χ1) is 11.1. The summed E-state index contributed by atoms with van der Waals surface area (Å²) in [5.74, 6) is 2.16. The second-order valence-corrected chi connectivity index (χ2v) is 4.80. The van der Waals surface area contributed by atoms with Crippen LogP contribution < -0.4 is 10.6 Å². The summed E-state index contributed by atoms with van der Waals surface area (Å²) in [6.07, 6.45) is 1.63. The first-order valence-corrected chi connectivity index (χ1v) is 7.36. The Balaban J connectivity index is 2.00. The van der Waals surface area contributed by atoms with E-state index in [1.807, 2.05) is 19.1 Å². The van der Waals surface area contributed by atoms with E-state index in [1.165, 1.54) is 7.11 Å². The highest BCUT2D eigenvalue weighted by atomic mass is 16.5. The zero-order chi connectivity index (χ0) is 16.7. The Bertz CT molecular complexity index is 659. The largest absolute Gasteiger partial charge is 0.467 e. The second-order valence-electron chi connectivity index (χ2n) is 4.80. The van der Waals surface area contributed by atoms with E-state index in [4.69, 9.17) is 13.6 Å². The van der Waals surface area contributed by atoms with Crippen molar-refractivity contribution in [2.75, 3.05) is 13.7 Å². The molecule has 0 aliphatic heterocycles. The normalized spacial score (nSPS) is 11.3. The van der Waals surface area contributed by atoms with E-state index in [9.17, 15) is 4.79 Å².